The molecule has 7 aromatic rings. The van der Waals surface area contributed by atoms with Gasteiger partial charge in [0.25, 0.3) is 0 Å². The number of benzene rings is 7. The Balaban J connectivity index is 0.000000181. The van der Waals surface area contributed by atoms with E-state index in [1.807, 2.05) is 72.8 Å². The Hall–Kier alpha value is -7.62. The van der Waals surface area contributed by atoms with Crippen LogP contribution < -0.4 is 4.74 Å². The normalized spacial score (nSPS) is 19.7. The molecule has 0 unspecified atom stereocenters. The van der Waals surface area contributed by atoms with E-state index in [4.69, 9.17) is 25.8 Å². The van der Waals surface area contributed by atoms with E-state index in [1.54, 1.807) is 18.2 Å². The molecule has 4 fully saturated rings. The number of ether oxygens (including phenoxy) is 1. The molecule has 4 aliphatic rings. The van der Waals surface area contributed by atoms with Gasteiger partial charge in [-0.15, -0.1) is 0 Å². The molecule has 0 saturated heterocycles. The van der Waals surface area contributed by atoms with Gasteiger partial charge in [-0.25, -0.2) is 9.18 Å². The first-order valence-corrected chi connectivity index (χ1v) is 41.1. The Morgan fingerprint density at radius 2 is 0.680 bits per heavy atom. The molecule has 8 heteroatoms. The fourth-order valence-electron chi connectivity index (χ4n) is 16.0. The van der Waals surface area contributed by atoms with Crippen LogP contribution in [0.15, 0.2) is 168 Å². The Morgan fingerprint density at radius 1 is 0.369 bits per heavy atom. The summed E-state index contributed by atoms with van der Waals surface area (Å²) >= 11 is 3.05. The molecule has 0 bridgehead atoms. The number of nitriles is 4. The predicted octanol–water partition coefficient (Wildman–Crippen LogP) is 28.5. The zero-order valence-corrected chi connectivity index (χ0v) is 64.9. The quantitative estimate of drug-likeness (QED) is 0.0302. The third-order valence-corrected chi connectivity index (χ3v) is 23.2. The first-order valence-electron chi connectivity index (χ1n) is 40.3. The number of hydrogen-bond acceptors (Lipinski definition) is 6. The molecule has 0 amide bonds. The third-order valence-electron chi connectivity index (χ3n) is 22.6. The summed E-state index contributed by atoms with van der Waals surface area (Å²) in [4.78, 5) is 12.0. The van der Waals surface area contributed by atoms with E-state index in [-0.39, 0.29) is 5.75 Å². The van der Waals surface area contributed by atoms with Gasteiger partial charge in [0, 0.05) is 6.07 Å². The van der Waals surface area contributed by atoms with Crippen LogP contribution >= 0.6 is 15.9 Å². The van der Waals surface area contributed by atoms with Crippen LogP contribution in [0.5, 0.6) is 5.75 Å². The van der Waals surface area contributed by atoms with E-state index in [0.717, 1.165) is 88.9 Å². The van der Waals surface area contributed by atoms with E-state index in [9.17, 15) is 9.18 Å². The molecule has 7 aromatic carbocycles. The number of aryl methyl sites for hydroxylation is 1. The Kier molecular flexibility index (Phi) is 38.3. The summed E-state index contributed by atoms with van der Waals surface area (Å²) in [6.45, 7) is 11.3. The van der Waals surface area contributed by atoms with Crippen molar-refractivity contribution in [3.05, 3.63) is 230 Å². The van der Waals surface area contributed by atoms with Crippen LogP contribution in [0, 0.1) is 74.8 Å². The van der Waals surface area contributed by atoms with Crippen LogP contribution in [-0.2, 0) is 6.42 Å². The van der Waals surface area contributed by atoms with Gasteiger partial charge in [0.15, 0.2) is 0 Å². The molecular formula is C95H120BrFN4O2. The van der Waals surface area contributed by atoms with E-state index >= 15 is 0 Å². The summed E-state index contributed by atoms with van der Waals surface area (Å²) in [5.74, 6) is 6.07. The molecule has 11 rings (SSSR count). The average Bonchev–Trinajstić information content (AvgIpc) is 0.851. The molecular weight excluding hydrogens is 1330 g/mol. The van der Waals surface area contributed by atoms with E-state index in [2.05, 4.69) is 135 Å². The topological polar surface area (TPSA) is 121 Å². The number of hydrogen-bond donors (Lipinski definition) is 0. The van der Waals surface area contributed by atoms with Crippen molar-refractivity contribution >= 4 is 21.9 Å². The maximum atomic E-state index is 13.4. The minimum atomic E-state index is -0.487. The fraction of sp³-hybridized carbons (Fsp3) is 0.505. The molecule has 0 radical (unpaired) electrons. The highest BCUT2D eigenvalue weighted by Crippen LogP contribution is 2.42. The van der Waals surface area contributed by atoms with Gasteiger partial charge in [0.05, 0.1) is 56.6 Å². The maximum absolute atomic E-state index is 13.4. The highest BCUT2D eigenvalue weighted by atomic mass is 79.9. The van der Waals surface area contributed by atoms with Crippen molar-refractivity contribution in [2.24, 2.45) is 23.7 Å². The van der Waals surface area contributed by atoms with Crippen LogP contribution in [0.25, 0.3) is 11.1 Å². The summed E-state index contributed by atoms with van der Waals surface area (Å²) in [6, 6.07) is 61.9. The van der Waals surface area contributed by atoms with Gasteiger partial charge in [-0.3, -0.25) is 0 Å². The van der Waals surface area contributed by atoms with E-state index in [1.165, 1.54) is 257 Å². The van der Waals surface area contributed by atoms with Crippen molar-refractivity contribution in [2.75, 3.05) is 0 Å². The van der Waals surface area contributed by atoms with Gasteiger partial charge in [0.1, 0.15) is 11.6 Å². The van der Waals surface area contributed by atoms with Crippen molar-refractivity contribution in [3.63, 3.8) is 0 Å². The van der Waals surface area contributed by atoms with Gasteiger partial charge in [0.2, 0.25) is 0 Å². The van der Waals surface area contributed by atoms with Crippen LogP contribution in [0.3, 0.4) is 0 Å². The molecule has 4 aliphatic carbocycles. The predicted molar refractivity (Wildman–Crippen MR) is 430 cm³/mol. The van der Waals surface area contributed by atoms with Crippen LogP contribution in [0.4, 0.5) is 4.39 Å². The van der Waals surface area contributed by atoms with Crippen molar-refractivity contribution in [3.8, 4) is 41.2 Å². The first kappa shape index (κ1) is 82.7. The summed E-state index contributed by atoms with van der Waals surface area (Å²) in [6.07, 6.45) is 47.6. The molecule has 0 heterocycles. The summed E-state index contributed by atoms with van der Waals surface area (Å²) in [5.41, 5.74) is 12.9. The lowest BCUT2D eigenvalue weighted by molar-refractivity contribution is 0.0734. The molecule has 6 nitrogen and oxygen atoms in total. The lowest BCUT2D eigenvalue weighted by Gasteiger charge is -2.29. The molecule has 0 N–H and O–H groups in total. The number of carbonyl (C=O) groups is 1. The van der Waals surface area contributed by atoms with Crippen molar-refractivity contribution in [1.29, 1.82) is 21.0 Å². The molecule has 0 aromatic heterocycles. The number of rotatable bonds is 26. The molecule has 0 aliphatic heterocycles. The summed E-state index contributed by atoms with van der Waals surface area (Å²) < 4.78 is 18.9. The first-order chi connectivity index (χ1) is 50.4. The molecule has 546 valence electrons. The Morgan fingerprint density at radius 3 is 1.02 bits per heavy atom. The summed E-state index contributed by atoms with van der Waals surface area (Å²) in [7, 11) is 0. The fourth-order valence-corrected chi connectivity index (χ4v) is 16.3. The van der Waals surface area contributed by atoms with Gasteiger partial charge in [-0.05, 0) is 291 Å². The second-order valence-corrected chi connectivity index (χ2v) is 31.0. The third kappa shape index (κ3) is 29.4. The molecule has 0 atom stereocenters. The summed E-state index contributed by atoms with van der Waals surface area (Å²) in [5, 5.41) is 35.4. The zero-order chi connectivity index (χ0) is 73.2. The number of esters is 1. The molecule has 103 heavy (non-hydrogen) atoms. The lowest BCUT2D eigenvalue weighted by atomic mass is 9.77. The van der Waals surface area contributed by atoms with Crippen molar-refractivity contribution < 1.29 is 13.9 Å². The SMILES string of the molecule is CCCC1CCC(c2ccc(C#N)cc2)CC1.CCCCCC1CCC(c2ccc(-c3ccc(C#N)cc3)cc2)CC1.CCCCCC1CCC(c2ccc(C#N)cc2)CC1.CCCCCCCC1CCC(c2ccc(C#N)cc2)CC1.CCCCc1ccc(C(=O)Oc2ccc(Br)c(F)c2)cc1. The number of unbranched alkanes of at least 4 members (excludes halogenated alkanes) is 9. The monoisotopic (exact) mass is 1450 g/mol. The molecule has 0 spiro atoms. The molecule has 4 saturated carbocycles. The number of nitrogens with zero attached hydrogens (tertiary/aromatic N) is 4. The zero-order valence-electron chi connectivity index (χ0n) is 63.3. The van der Waals surface area contributed by atoms with E-state index in [0.29, 0.717) is 10.0 Å². The second kappa shape index (κ2) is 47.7. The Bertz CT molecular complexity index is 3660. The van der Waals surface area contributed by atoms with Crippen molar-refractivity contribution in [2.45, 2.75) is 283 Å². The highest BCUT2D eigenvalue weighted by Gasteiger charge is 2.26. The van der Waals surface area contributed by atoms with Gasteiger partial charge in [-0.1, -0.05) is 229 Å². The van der Waals surface area contributed by atoms with Gasteiger partial charge >= 0.3 is 5.97 Å². The Labute approximate surface area is 630 Å². The largest absolute Gasteiger partial charge is 0.423 e. The highest BCUT2D eigenvalue weighted by molar-refractivity contribution is 9.10. The van der Waals surface area contributed by atoms with Crippen LogP contribution in [0.1, 0.15) is 337 Å². The minimum Gasteiger partial charge on any atom is -0.423 e. The maximum Gasteiger partial charge on any atom is 0.343 e. The van der Waals surface area contributed by atoms with Gasteiger partial charge in [-0.2, -0.15) is 21.0 Å². The van der Waals surface area contributed by atoms with Crippen molar-refractivity contribution in [1.82, 2.24) is 0 Å². The number of carbonyl (C=O) groups excluding carboxylic acids is 1. The lowest BCUT2D eigenvalue weighted by Crippen LogP contribution is -2.13. The minimum absolute atomic E-state index is 0.191. The van der Waals surface area contributed by atoms with Gasteiger partial charge < -0.3 is 4.74 Å². The van der Waals surface area contributed by atoms with Crippen LogP contribution in [-0.4, -0.2) is 5.97 Å². The smallest absolute Gasteiger partial charge is 0.343 e. The second-order valence-electron chi connectivity index (χ2n) is 30.1. The van der Waals surface area contributed by atoms with Crippen LogP contribution in [0.2, 0.25) is 0 Å². The van der Waals surface area contributed by atoms with E-state index < -0.39 is 11.8 Å². The average molecular weight is 1450 g/mol. The number of halogens is 2. The standard InChI is InChI=1S/C24H29N.C20H29N.C18H25N.C17H16BrFO2.C16H21N/c1-2-3-4-5-19-6-10-21(11-7-19)23-14-16-24(17-15-23)22-12-8-20(18-25)9-13-22;1-2-3-4-5-6-7-17-8-12-19(13-9-17)20-14-10-18(16-21)11-15-20;1-2-3-4-5-15-6-10-17(11-7-15)18-12-8-16(14-19)9-13-18;1-2-3-4-12-5-7-13(8-6-12)17(20)21-14-9-10-15(18)16(19)11-14;1-2-3-13-4-8-15(9-5-13)16-10-6-14(12-17)7-11-16/h8-9,12-17,19,21H,2-7,10-11H2,1H3;10-11,14-15,17,19H,2-9,12-13H2,1H3;8-9,12-13,15,17H,2-7,10-11H2,1H3;5-11H,2-4H2,1H3;6-7,10-11,13,15H,2-5,8-9H2,1H3.